The molecule has 0 bridgehead atoms. The fraction of sp³-hybridized carbons (Fsp3) is 0.462. The molecule has 1 amide bonds. The van der Waals surface area contributed by atoms with Crippen molar-refractivity contribution >= 4 is 5.91 Å². The Bertz CT molecular complexity index is 526. The maximum absolute atomic E-state index is 12.0. The highest BCUT2D eigenvalue weighted by atomic mass is 19.4. The van der Waals surface area contributed by atoms with Gasteiger partial charge in [-0.25, -0.2) is 4.98 Å². The first-order valence-corrected chi connectivity index (χ1v) is 6.22. The number of amides is 1. The molecule has 5 nitrogen and oxygen atoms in total. The smallest absolute Gasteiger partial charge is 0.422 e. The third-order valence-corrected chi connectivity index (χ3v) is 2.38. The summed E-state index contributed by atoms with van der Waals surface area (Å²) in [5.74, 6) is -0.934. The van der Waals surface area contributed by atoms with Gasteiger partial charge >= 0.3 is 6.18 Å². The molecule has 0 saturated heterocycles. The predicted octanol–water partition coefficient (Wildman–Crippen LogP) is 2.44. The minimum absolute atomic E-state index is 0.106. The molecule has 21 heavy (non-hydrogen) atoms. The average molecular weight is 301 g/mol. The van der Waals surface area contributed by atoms with Crippen LogP contribution in [0.3, 0.4) is 0 Å². The van der Waals surface area contributed by atoms with Crippen LogP contribution in [0.2, 0.25) is 0 Å². The Kier molecular flexibility index (Phi) is 5.96. The highest BCUT2D eigenvalue weighted by Gasteiger charge is 2.28. The zero-order valence-corrected chi connectivity index (χ0v) is 11.3. The minimum atomic E-state index is -4.48. The first-order chi connectivity index (χ1) is 9.85. The summed E-state index contributed by atoms with van der Waals surface area (Å²) in [7, 11) is 0. The van der Waals surface area contributed by atoms with E-state index in [4.69, 9.17) is 5.26 Å². The molecule has 1 heterocycles. The summed E-state index contributed by atoms with van der Waals surface area (Å²) in [6.45, 7) is 0.377. The van der Waals surface area contributed by atoms with Gasteiger partial charge in [-0.2, -0.15) is 18.4 Å². The number of halogens is 3. The summed E-state index contributed by atoms with van der Waals surface area (Å²) in [6, 6.07) is 5.16. The molecule has 1 N–H and O–H groups in total. The summed E-state index contributed by atoms with van der Waals surface area (Å²) >= 11 is 0. The molecular weight excluding hydrogens is 287 g/mol. The van der Waals surface area contributed by atoms with E-state index in [1.54, 1.807) is 0 Å². The Morgan fingerprint density at radius 3 is 2.81 bits per heavy atom. The molecular formula is C13H14F3N3O2. The van der Waals surface area contributed by atoms with Crippen LogP contribution in [-0.4, -0.2) is 29.7 Å². The van der Waals surface area contributed by atoms with E-state index in [9.17, 15) is 18.0 Å². The van der Waals surface area contributed by atoms with Gasteiger partial charge in [0.2, 0.25) is 5.88 Å². The van der Waals surface area contributed by atoms with Crippen molar-refractivity contribution in [1.29, 1.82) is 5.26 Å². The van der Waals surface area contributed by atoms with E-state index in [-0.39, 0.29) is 11.6 Å². The highest BCUT2D eigenvalue weighted by molar-refractivity contribution is 5.92. The third kappa shape index (κ3) is 6.12. The van der Waals surface area contributed by atoms with Gasteiger partial charge in [-0.3, -0.25) is 4.79 Å². The van der Waals surface area contributed by atoms with E-state index in [2.05, 4.69) is 15.0 Å². The van der Waals surface area contributed by atoms with E-state index < -0.39 is 24.7 Å². The van der Waals surface area contributed by atoms with Gasteiger partial charge < -0.3 is 10.1 Å². The number of rotatable bonds is 6. The molecule has 0 saturated carbocycles. The van der Waals surface area contributed by atoms with Crippen LogP contribution in [0.15, 0.2) is 18.2 Å². The summed E-state index contributed by atoms with van der Waals surface area (Å²) in [6.07, 6.45) is -3.29. The molecule has 114 valence electrons. The van der Waals surface area contributed by atoms with E-state index in [1.165, 1.54) is 18.2 Å². The maximum atomic E-state index is 12.0. The number of aromatic nitrogens is 1. The molecule has 1 unspecified atom stereocenters. The van der Waals surface area contributed by atoms with Crippen LogP contribution in [-0.2, 0) is 0 Å². The van der Waals surface area contributed by atoms with Gasteiger partial charge in [0.05, 0.1) is 6.07 Å². The molecule has 0 fully saturated rings. The number of carbonyl (C=O) groups excluding carboxylic acids is 1. The summed E-state index contributed by atoms with van der Waals surface area (Å²) < 4.78 is 40.6. The van der Waals surface area contributed by atoms with Crippen LogP contribution in [0.5, 0.6) is 5.88 Å². The van der Waals surface area contributed by atoms with Gasteiger partial charge in [-0.15, -0.1) is 0 Å². The number of hydrogen-bond acceptors (Lipinski definition) is 4. The molecule has 1 aromatic rings. The highest BCUT2D eigenvalue weighted by Crippen LogP contribution is 2.17. The van der Waals surface area contributed by atoms with Gasteiger partial charge in [0.1, 0.15) is 11.7 Å². The molecule has 1 rings (SSSR count). The van der Waals surface area contributed by atoms with Crippen molar-refractivity contribution in [2.45, 2.75) is 32.0 Å². The van der Waals surface area contributed by atoms with Crippen LogP contribution in [0.25, 0.3) is 0 Å². The van der Waals surface area contributed by atoms with Gasteiger partial charge in [0.25, 0.3) is 5.91 Å². The summed E-state index contributed by atoms with van der Waals surface area (Å²) in [5.41, 5.74) is -0.106. The molecule has 1 atom stereocenters. The average Bonchev–Trinajstić information content (AvgIpc) is 2.44. The number of hydrogen-bond donors (Lipinski definition) is 1. The van der Waals surface area contributed by atoms with E-state index >= 15 is 0 Å². The second kappa shape index (κ2) is 7.47. The van der Waals surface area contributed by atoms with Crippen molar-refractivity contribution < 1.29 is 22.7 Å². The fourth-order valence-electron chi connectivity index (χ4n) is 1.47. The van der Waals surface area contributed by atoms with Crippen molar-refractivity contribution in [3.8, 4) is 11.9 Å². The van der Waals surface area contributed by atoms with Gasteiger partial charge in [-0.1, -0.05) is 19.4 Å². The Morgan fingerprint density at radius 1 is 1.52 bits per heavy atom. The van der Waals surface area contributed by atoms with E-state index in [1.807, 2.05) is 13.0 Å². The van der Waals surface area contributed by atoms with Crippen LogP contribution in [0.4, 0.5) is 13.2 Å². The van der Waals surface area contributed by atoms with Crippen molar-refractivity contribution in [3.05, 3.63) is 23.9 Å². The number of ether oxygens (including phenoxy) is 1. The lowest BCUT2D eigenvalue weighted by Gasteiger charge is -2.11. The number of carbonyl (C=O) groups is 1. The molecule has 0 radical (unpaired) electrons. The SMILES string of the molecule is CCCC(C#N)NC(=O)c1cccc(OCC(F)(F)F)n1. The summed E-state index contributed by atoms with van der Waals surface area (Å²) in [5, 5.41) is 11.3. The molecule has 0 aliphatic rings. The minimum Gasteiger partial charge on any atom is -0.468 e. The van der Waals surface area contributed by atoms with Crippen molar-refractivity contribution in [2.75, 3.05) is 6.61 Å². The quantitative estimate of drug-likeness (QED) is 0.875. The summed E-state index contributed by atoms with van der Waals surface area (Å²) in [4.78, 5) is 15.5. The number of nitriles is 1. The van der Waals surface area contributed by atoms with Gasteiger partial charge in [0.15, 0.2) is 6.61 Å². The molecule has 8 heteroatoms. The molecule has 0 aromatic carbocycles. The Balaban J connectivity index is 2.71. The second-order valence-electron chi connectivity index (χ2n) is 4.21. The fourth-order valence-corrected chi connectivity index (χ4v) is 1.47. The van der Waals surface area contributed by atoms with Crippen LogP contribution < -0.4 is 10.1 Å². The van der Waals surface area contributed by atoms with E-state index in [0.29, 0.717) is 12.8 Å². The lowest BCUT2D eigenvalue weighted by molar-refractivity contribution is -0.154. The number of nitrogens with one attached hydrogen (secondary N) is 1. The third-order valence-electron chi connectivity index (χ3n) is 2.38. The van der Waals surface area contributed by atoms with Crippen LogP contribution in [0.1, 0.15) is 30.3 Å². The molecule has 0 aliphatic heterocycles. The Hall–Kier alpha value is -2.30. The van der Waals surface area contributed by atoms with Crippen LogP contribution >= 0.6 is 0 Å². The normalized spacial score (nSPS) is 12.3. The van der Waals surface area contributed by atoms with Gasteiger partial charge in [0, 0.05) is 6.07 Å². The standard InChI is InChI=1S/C13H14F3N3O2/c1-2-4-9(7-17)18-12(20)10-5-3-6-11(19-10)21-8-13(14,15)16/h3,5-6,9H,2,4,8H2,1H3,(H,18,20). The van der Waals surface area contributed by atoms with Crippen molar-refractivity contribution in [3.63, 3.8) is 0 Å². The first-order valence-electron chi connectivity index (χ1n) is 6.22. The predicted molar refractivity (Wildman–Crippen MR) is 67.6 cm³/mol. The Morgan fingerprint density at radius 2 is 2.24 bits per heavy atom. The van der Waals surface area contributed by atoms with Gasteiger partial charge in [-0.05, 0) is 12.5 Å². The van der Waals surface area contributed by atoms with Crippen molar-refractivity contribution in [2.24, 2.45) is 0 Å². The first kappa shape index (κ1) is 16.8. The zero-order valence-electron chi connectivity index (χ0n) is 11.3. The molecule has 0 aliphatic carbocycles. The maximum Gasteiger partial charge on any atom is 0.422 e. The Labute approximate surface area is 119 Å². The van der Waals surface area contributed by atoms with Crippen molar-refractivity contribution in [1.82, 2.24) is 10.3 Å². The lowest BCUT2D eigenvalue weighted by Crippen LogP contribution is -2.34. The largest absolute Gasteiger partial charge is 0.468 e. The monoisotopic (exact) mass is 301 g/mol. The zero-order chi connectivity index (χ0) is 15.9. The second-order valence-corrected chi connectivity index (χ2v) is 4.21. The molecule has 1 aromatic heterocycles. The topological polar surface area (TPSA) is 75.0 Å². The number of pyridine rings is 1. The number of alkyl halides is 3. The number of nitrogens with zero attached hydrogens (tertiary/aromatic N) is 2. The van der Waals surface area contributed by atoms with E-state index in [0.717, 1.165) is 0 Å². The molecule has 0 spiro atoms. The van der Waals surface area contributed by atoms with Crippen LogP contribution in [0, 0.1) is 11.3 Å². The lowest BCUT2D eigenvalue weighted by atomic mass is 10.2.